The van der Waals surface area contributed by atoms with Gasteiger partial charge in [-0.15, -0.1) is 0 Å². The molecule has 1 nitrogen and oxygen atoms in total. The van der Waals surface area contributed by atoms with Crippen LogP contribution in [0.5, 0.6) is 0 Å². The summed E-state index contributed by atoms with van der Waals surface area (Å²) in [5.41, 5.74) is 0.384. The second-order valence-electron chi connectivity index (χ2n) is 5.26. The third kappa shape index (κ3) is 2.71. The first-order valence-electron chi connectivity index (χ1n) is 6.65. The van der Waals surface area contributed by atoms with Crippen molar-refractivity contribution >= 4 is 38.3 Å². The first-order chi connectivity index (χ1) is 9.98. The smallest absolute Gasteiger partial charge is 0.113 e. The zero-order chi connectivity index (χ0) is 15.0. The van der Waals surface area contributed by atoms with Gasteiger partial charge in [0.1, 0.15) is 5.60 Å². The molecule has 0 aliphatic carbocycles. The number of fused-ring (bicyclic) bond motifs is 1. The third-order valence-electron chi connectivity index (χ3n) is 3.77. The van der Waals surface area contributed by atoms with E-state index in [4.69, 9.17) is 11.6 Å². The van der Waals surface area contributed by atoms with E-state index >= 15 is 0 Å². The topological polar surface area (TPSA) is 20.2 Å². The van der Waals surface area contributed by atoms with E-state index in [1.807, 2.05) is 48.5 Å². The van der Waals surface area contributed by atoms with Crippen LogP contribution in [0.2, 0.25) is 5.02 Å². The van der Waals surface area contributed by atoms with E-state index in [0.717, 1.165) is 20.8 Å². The van der Waals surface area contributed by atoms with Gasteiger partial charge < -0.3 is 5.11 Å². The third-order valence-corrected chi connectivity index (χ3v) is 4.57. The Balaban J connectivity index is 2.14. The molecule has 0 spiro atoms. The van der Waals surface area contributed by atoms with E-state index in [2.05, 4.69) is 22.0 Å². The largest absolute Gasteiger partial charge is 0.381 e. The molecule has 3 aromatic rings. The van der Waals surface area contributed by atoms with Crippen molar-refractivity contribution in [1.29, 1.82) is 0 Å². The van der Waals surface area contributed by atoms with Gasteiger partial charge in [0.05, 0.1) is 0 Å². The van der Waals surface area contributed by atoms with Gasteiger partial charge in [-0.2, -0.15) is 0 Å². The van der Waals surface area contributed by atoms with Gasteiger partial charge in [-0.3, -0.25) is 0 Å². The van der Waals surface area contributed by atoms with Crippen molar-refractivity contribution in [3.63, 3.8) is 0 Å². The summed E-state index contributed by atoms with van der Waals surface area (Å²) in [6, 6.07) is 19.6. The van der Waals surface area contributed by atoms with E-state index in [1.54, 1.807) is 13.0 Å². The van der Waals surface area contributed by atoms with Crippen LogP contribution in [0, 0.1) is 0 Å². The van der Waals surface area contributed by atoms with Crippen LogP contribution in [0.3, 0.4) is 0 Å². The summed E-state index contributed by atoms with van der Waals surface area (Å²) in [6.07, 6.45) is 0. The lowest BCUT2D eigenvalue weighted by atomic mass is 9.87. The van der Waals surface area contributed by atoms with Crippen molar-refractivity contribution in [3.05, 3.63) is 81.3 Å². The summed E-state index contributed by atoms with van der Waals surface area (Å²) in [6.45, 7) is 1.77. The normalized spacial score (nSPS) is 14.1. The van der Waals surface area contributed by atoms with Crippen molar-refractivity contribution in [2.24, 2.45) is 0 Å². The SMILES string of the molecule is CC(O)(c1ccc2ccccc2c1)c1ccc(Br)cc1Cl. The number of hydrogen-bond acceptors (Lipinski definition) is 1. The molecule has 0 fully saturated rings. The van der Waals surface area contributed by atoms with Gasteiger partial charge >= 0.3 is 0 Å². The highest BCUT2D eigenvalue weighted by molar-refractivity contribution is 9.10. The maximum atomic E-state index is 11.0. The molecule has 0 heterocycles. The molecular weight excluding hydrogens is 348 g/mol. The lowest BCUT2D eigenvalue weighted by molar-refractivity contribution is 0.102. The minimum atomic E-state index is -1.14. The van der Waals surface area contributed by atoms with Crippen LogP contribution in [-0.2, 0) is 5.60 Å². The van der Waals surface area contributed by atoms with Crippen molar-refractivity contribution < 1.29 is 5.11 Å². The highest BCUT2D eigenvalue weighted by atomic mass is 79.9. The van der Waals surface area contributed by atoms with Crippen LogP contribution in [0.15, 0.2) is 65.1 Å². The molecule has 106 valence electrons. The molecule has 1 atom stereocenters. The van der Waals surface area contributed by atoms with Crippen LogP contribution < -0.4 is 0 Å². The van der Waals surface area contributed by atoms with Gasteiger partial charge in [0, 0.05) is 15.1 Å². The van der Waals surface area contributed by atoms with E-state index in [0.29, 0.717) is 10.6 Å². The minimum absolute atomic E-state index is 0.544. The molecule has 0 radical (unpaired) electrons. The van der Waals surface area contributed by atoms with Crippen molar-refractivity contribution in [2.75, 3.05) is 0 Å². The minimum Gasteiger partial charge on any atom is -0.381 e. The molecule has 0 aliphatic heterocycles. The Hall–Kier alpha value is -1.35. The number of hydrogen-bond donors (Lipinski definition) is 1. The molecule has 0 saturated carbocycles. The predicted octanol–water partition coefficient (Wildman–Crippen LogP) is 5.51. The second kappa shape index (κ2) is 5.45. The monoisotopic (exact) mass is 360 g/mol. The summed E-state index contributed by atoms with van der Waals surface area (Å²) in [5, 5.41) is 13.8. The van der Waals surface area contributed by atoms with Crippen molar-refractivity contribution in [3.8, 4) is 0 Å². The van der Waals surface area contributed by atoms with Crippen LogP contribution in [0.1, 0.15) is 18.1 Å². The highest BCUT2D eigenvalue weighted by Crippen LogP contribution is 2.36. The molecule has 0 aliphatic rings. The molecule has 1 N–H and O–H groups in total. The first-order valence-corrected chi connectivity index (χ1v) is 7.83. The molecule has 0 saturated heterocycles. The summed E-state index contributed by atoms with van der Waals surface area (Å²) >= 11 is 9.68. The Labute approximate surface area is 137 Å². The summed E-state index contributed by atoms with van der Waals surface area (Å²) < 4.78 is 0.894. The maximum absolute atomic E-state index is 11.0. The summed E-state index contributed by atoms with van der Waals surface area (Å²) in [4.78, 5) is 0. The fourth-order valence-electron chi connectivity index (χ4n) is 2.53. The zero-order valence-electron chi connectivity index (χ0n) is 11.5. The van der Waals surface area contributed by atoms with E-state index < -0.39 is 5.60 Å². The number of halogens is 2. The molecule has 3 rings (SSSR count). The van der Waals surface area contributed by atoms with Gasteiger partial charge in [0.2, 0.25) is 0 Å². The predicted molar refractivity (Wildman–Crippen MR) is 91.8 cm³/mol. The molecule has 3 aromatic carbocycles. The number of benzene rings is 3. The Morgan fingerprint density at radius 1 is 0.952 bits per heavy atom. The van der Waals surface area contributed by atoms with Crippen LogP contribution in [0.4, 0.5) is 0 Å². The zero-order valence-corrected chi connectivity index (χ0v) is 13.8. The Morgan fingerprint density at radius 2 is 1.67 bits per heavy atom. The van der Waals surface area contributed by atoms with Crippen LogP contribution in [-0.4, -0.2) is 5.11 Å². The second-order valence-corrected chi connectivity index (χ2v) is 6.58. The van der Waals surface area contributed by atoms with Gasteiger partial charge in [0.25, 0.3) is 0 Å². The fourth-order valence-corrected chi connectivity index (χ4v) is 3.39. The highest BCUT2D eigenvalue weighted by Gasteiger charge is 2.28. The number of rotatable bonds is 2. The van der Waals surface area contributed by atoms with Gasteiger partial charge in [-0.25, -0.2) is 0 Å². The summed E-state index contributed by atoms with van der Waals surface area (Å²) in [7, 11) is 0. The molecule has 3 heteroatoms. The number of aliphatic hydroxyl groups is 1. The standard InChI is InChI=1S/C18H14BrClO/c1-18(21,16-9-8-15(19)11-17(16)20)14-7-6-12-4-2-3-5-13(12)10-14/h2-11,21H,1H3. The molecule has 21 heavy (non-hydrogen) atoms. The average Bonchev–Trinajstić information content (AvgIpc) is 2.46. The molecule has 1 unspecified atom stereocenters. The Morgan fingerprint density at radius 3 is 2.38 bits per heavy atom. The van der Waals surface area contributed by atoms with Gasteiger partial charge in [0.15, 0.2) is 0 Å². The van der Waals surface area contributed by atoms with E-state index in [1.165, 1.54) is 0 Å². The van der Waals surface area contributed by atoms with Crippen LogP contribution >= 0.6 is 27.5 Å². The van der Waals surface area contributed by atoms with E-state index in [-0.39, 0.29) is 0 Å². The van der Waals surface area contributed by atoms with Crippen molar-refractivity contribution in [1.82, 2.24) is 0 Å². The summed E-state index contributed by atoms with van der Waals surface area (Å²) in [5.74, 6) is 0. The van der Waals surface area contributed by atoms with Gasteiger partial charge in [-0.05, 0) is 41.5 Å². The molecule has 0 amide bonds. The van der Waals surface area contributed by atoms with Crippen LogP contribution in [0.25, 0.3) is 10.8 Å². The van der Waals surface area contributed by atoms with Crippen molar-refractivity contribution in [2.45, 2.75) is 12.5 Å². The first kappa shape index (κ1) is 14.6. The molecule has 0 aromatic heterocycles. The fraction of sp³-hybridized carbons (Fsp3) is 0.111. The molecule has 0 bridgehead atoms. The Kier molecular flexibility index (Phi) is 3.78. The lowest BCUT2D eigenvalue weighted by Crippen LogP contribution is -2.23. The van der Waals surface area contributed by atoms with Gasteiger partial charge in [-0.1, -0.05) is 70.0 Å². The Bertz CT molecular complexity index is 811. The average molecular weight is 362 g/mol. The quantitative estimate of drug-likeness (QED) is 0.638. The lowest BCUT2D eigenvalue weighted by Gasteiger charge is -2.26. The maximum Gasteiger partial charge on any atom is 0.113 e. The van der Waals surface area contributed by atoms with E-state index in [9.17, 15) is 5.11 Å². The molecular formula is C18H14BrClO.